The Hall–Kier alpha value is -4.82. The molecule has 0 saturated carbocycles. The maximum absolute atomic E-state index is 5.29. The molecular formula is C39H36B10N2. The van der Waals surface area contributed by atoms with Crippen molar-refractivity contribution < 1.29 is 0 Å². The predicted octanol–water partition coefficient (Wildman–Crippen LogP) is -7.08. The number of nitrogens with zero attached hydrogens (tertiary/aromatic N) is 2. The van der Waals surface area contributed by atoms with Crippen LogP contribution in [-0.4, -0.2) is 88.0 Å². The first-order chi connectivity index (χ1) is 24.5. The molecule has 0 N–H and O–H groups in total. The Morgan fingerprint density at radius 1 is 0.373 bits per heavy atom. The van der Waals surface area contributed by atoms with Crippen LogP contribution in [0.3, 0.4) is 0 Å². The summed E-state index contributed by atoms with van der Waals surface area (Å²) in [5.74, 6) is 0.950. The fourth-order valence-corrected chi connectivity index (χ4v) is 8.66. The van der Waals surface area contributed by atoms with Crippen LogP contribution < -0.4 is 54.6 Å². The summed E-state index contributed by atoms with van der Waals surface area (Å²) in [4.78, 5) is 5.29. The number of hydrogen-bond donors (Lipinski definition) is 0. The molecule has 0 fully saturated rings. The molecule has 7 aromatic carbocycles. The molecule has 1 heterocycles. The summed E-state index contributed by atoms with van der Waals surface area (Å²) < 4.78 is 2.42. The number of benzene rings is 7. The maximum Gasteiger partial charge on any atom is 0.145 e. The van der Waals surface area contributed by atoms with Crippen molar-refractivity contribution in [1.29, 1.82) is 0 Å². The first-order valence-corrected chi connectivity index (χ1v) is 18.2. The lowest BCUT2D eigenvalue weighted by Gasteiger charge is -2.26. The van der Waals surface area contributed by atoms with Gasteiger partial charge in [0.05, 0.1) is 16.7 Å². The molecule has 51 heavy (non-hydrogen) atoms. The smallest absolute Gasteiger partial charge is 0.145 e. The summed E-state index contributed by atoms with van der Waals surface area (Å²) in [5, 5.41) is 4.96. The highest BCUT2D eigenvalue weighted by molar-refractivity contribution is 6.70. The number of imidazole rings is 1. The summed E-state index contributed by atoms with van der Waals surface area (Å²) in [6.07, 6.45) is 0. The van der Waals surface area contributed by atoms with Crippen molar-refractivity contribution in [2.24, 2.45) is 0 Å². The third-order valence-electron chi connectivity index (χ3n) is 12.4. The number of aromatic nitrogens is 2. The quantitative estimate of drug-likeness (QED) is 0.138. The topological polar surface area (TPSA) is 17.8 Å². The highest BCUT2D eigenvalue weighted by Crippen LogP contribution is 2.43. The predicted molar refractivity (Wildman–Crippen MR) is 254 cm³/mol. The van der Waals surface area contributed by atoms with Crippen molar-refractivity contribution in [3.63, 3.8) is 0 Å². The van der Waals surface area contributed by atoms with E-state index in [4.69, 9.17) is 4.98 Å². The van der Waals surface area contributed by atoms with Gasteiger partial charge in [-0.2, -0.15) is 0 Å². The first-order valence-electron chi connectivity index (χ1n) is 18.2. The zero-order valence-corrected chi connectivity index (χ0v) is 31.6. The molecule has 8 rings (SSSR count). The third kappa shape index (κ3) is 4.97. The Morgan fingerprint density at radius 3 is 1.49 bits per heavy atom. The van der Waals surface area contributed by atoms with Crippen molar-refractivity contribution in [3.8, 4) is 39.3 Å². The monoisotopic (exact) mass is 642 g/mol. The zero-order valence-electron chi connectivity index (χ0n) is 31.6. The average molecular weight is 641 g/mol. The summed E-state index contributed by atoms with van der Waals surface area (Å²) in [6, 6.07) is 35.5. The van der Waals surface area contributed by atoms with E-state index in [1.54, 1.807) is 0 Å². The van der Waals surface area contributed by atoms with Crippen molar-refractivity contribution in [2.45, 2.75) is 0 Å². The van der Waals surface area contributed by atoms with E-state index in [1.165, 1.54) is 104 Å². The minimum atomic E-state index is 0.950. The fourth-order valence-electron chi connectivity index (χ4n) is 8.66. The van der Waals surface area contributed by atoms with Crippen LogP contribution in [0.5, 0.6) is 0 Å². The van der Waals surface area contributed by atoms with E-state index in [9.17, 15) is 0 Å². The molecule has 0 atom stereocenters. The van der Waals surface area contributed by atoms with Gasteiger partial charge in [0.1, 0.15) is 84.3 Å². The minimum Gasteiger partial charge on any atom is -0.291 e. The molecule has 0 aliphatic heterocycles. The van der Waals surface area contributed by atoms with Crippen LogP contribution in [0, 0.1) is 0 Å². The Kier molecular flexibility index (Phi) is 8.13. The first kappa shape index (κ1) is 33.3. The van der Waals surface area contributed by atoms with Gasteiger partial charge in [0.25, 0.3) is 0 Å². The molecule has 0 radical (unpaired) electrons. The lowest BCUT2D eigenvalue weighted by atomic mass is 9.59. The molecule has 232 valence electrons. The molecule has 1 aromatic heterocycles. The van der Waals surface area contributed by atoms with E-state index < -0.39 is 0 Å². The summed E-state index contributed by atoms with van der Waals surface area (Å²) in [6.45, 7) is 0. The van der Waals surface area contributed by atoms with Crippen LogP contribution in [0.15, 0.2) is 97.1 Å². The van der Waals surface area contributed by atoms with E-state index >= 15 is 0 Å². The fraction of sp³-hybridized carbons (Fsp3) is 0. The number of rotatable bonds is 4. The Balaban J connectivity index is 1.62. The zero-order chi connectivity index (χ0) is 35.9. The molecule has 0 unspecified atom stereocenters. The second-order valence-corrected chi connectivity index (χ2v) is 14.7. The van der Waals surface area contributed by atoms with Gasteiger partial charge in [0, 0.05) is 16.3 Å². The molecule has 0 aliphatic rings. The van der Waals surface area contributed by atoms with Gasteiger partial charge in [0.2, 0.25) is 0 Å². The summed E-state index contributed by atoms with van der Waals surface area (Å²) >= 11 is 0. The lowest BCUT2D eigenvalue weighted by molar-refractivity contribution is 1.13. The Labute approximate surface area is 310 Å². The number of fused-ring (bicyclic) bond motifs is 3. The van der Waals surface area contributed by atoms with Crippen LogP contribution in [0.1, 0.15) is 0 Å². The largest absolute Gasteiger partial charge is 0.291 e. The molecule has 0 aliphatic carbocycles. The van der Waals surface area contributed by atoms with Crippen LogP contribution >= 0.6 is 0 Å². The molecule has 8 aromatic rings. The van der Waals surface area contributed by atoms with Crippen LogP contribution in [0.4, 0.5) is 0 Å². The molecular weight excluding hydrogens is 605 g/mol. The van der Waals surface area contributed by atoms with E-state index in [0.717, 1.165) is 22.4 Å². The molecule has 0 spiro atoms. The van der Waals surface area contributed by atoms with Crippen LogP contribution in [0.2, 0.25) is 0 Å². The van der Waals surface area contributed by atoms with E-state index in [2.05, 4.69) is 180 Å². The highest BCUT2D eigenvalue weighted by Gasteiger charge is 2.25. The second kappa shape index (κ2) is 12.4. The Bertz CT molecular complexity index is 2700. The lowest BCUT2D eigenvalue weighted by Crippen LogP contribution is -2.55. The summed E-state index contributed by atoms with van der Waals surface area (Å²) in [7, 11) is 22.9. The van der Waals surface area contributed by atoms with Gasteiger partial charge < -0.3 is 0 Å². The van der Waals surface area contributed by atoms with Crippen LogP contribution in [0.25, 0.3) is 71.9 Å². The van der Waals surface area contributed by atoms with Crippen molar-refractivity contribution >= 4 is 166 Å². The second-order valence-electron chi connectivity index (χ2n) is 14.7. The molecule has 0 bridgehead atoms. The highest BCUT2D eigenvalue weighted by atomic mass is 15.1. The van der Waals surface area contributed by atoms with E-state index in [0.29, 0.717) is 0 Å². The number of hydrogen-bond acceptors (Lipinski definition) is 1. The maximum atomic E-state index is 5.29. The number of para-hydroxylation sites is 2. The molecule has 12 heteroatoms. The van der Waals surface area contributed by atoms with Gasteiger partial charge in [-0.25, -0.2) is 4.98 Å². The van der Waals surface area contributed by atoms with Crippen LogP contribution in [-0.2, 0) is 0 Å². The van der Waals surface area contributed by atoms with E-state index in [-0.39, 0.29) is 0 Å². The van der Waals surface area contributed by atoms with Crippen molar-refractivity contribution in [3.05, 3.63) is 97.1 Å². The van der Waals surface area contributed by atoms with Gasteiger partial charge in [-0.1, -0.05) is 101 Å². The van der Waals surface area contributed by atoms with Crippen molar-refractivity contribution in [1.82, 2.24) is 9.55 Å². The van der Waals surface area contributed by atoms with Crippen molar-refractivity contribution in [2.75, 3.05) is 0 Å². The molecule has 2 nitrogen and oxygen atoms in total. The molecule has 0 amide bonds. The van der Waals surface area contributed by atoms with Gasteiger partial charge in [-0.15, -0.1) is 32.8 Å². The van der Waals surface area contributed by atoms with Gasteiger partial charge in [-0.05, 0) is 51.2 Å². The van der Waals surface area contributed by atoms with E-state index in [1.807, 2.05) is 0 Å². The Morgan fingerprint density at radius 2 is 0.863 bits per heavy atom. The standard InChI is InChI=1S/C39H36B10N2/c40-28-25(29(41)33(45)36(48)32(28)44)18-14-15-21-22(16-18)26(27-30(42)34(46)37(49)35(47)31(27)43)19-10-4-5-11-20(19)38(21)51-24-13-7-6-12-23(24)50-39(51)17-8-2-1-3-9-17/h1-16H,40-49H2. The van der Waals surface area contributed by atoms with Gasteiger partial charge in [0.15, 0.2) is 0 Å². The third-order valence-corrected chi connectivity index (χ3v) is 12.4. The summed E-state index contributed by atoms with van der Waals surface area (Å²) in [5.41, 5.74) is 23.3. The average Bonchev–Trinajstić information content (AvgIpc) is 3.54. The normalized spacial score (nSPS) is 11.5. The molecule has 0 saturated heterocycles. The van der Waals surface area contributed by atoms with Gasteiger partial charge in [-0.3, -0.25) is 4.57 Å². The minimum absolute atomic E-state index is 0.950. The SMILES string of the molecule is Bc1c(B)c(B)c(-c2ccc3c(-n4c(-c5ccccc5)nc5ccccc54)c4ccccc4c(-c4c(B)c(B)c(B)c(B)c4B)c3c2)c(B)c1B. The van der Waals surface area contributed by atoms with Gasteiger partial charge >= 0.3 is 0 Å².